The average Bonchev–Trinajstić information content (AvgIpc) is 3.18. The fourth-order valence-corrected chi connectivity index (χ4v) is 3.62. The van der Waals surface area contributed by atoms with Crippen molar-refractivity contribution in [1.82, 2.24) is 10.2 Å². The van der Waals surface area contributed by atoms with E-state index < -0.39 is 0 Å². The Balaban J connectivity index is 1.61. The van der Waals surface area contributed by atoms with Crippen molar-refractivity contribution < 1.29 is 19.5 Å². The molecule has 0 bridgehead atoms. The van der Waals surface area contributed by atoms with Crippen LogP contribution < -0.4 is 10.6 Å². The van der Waals surface area contributed by atoms with Gasteiger partial charge in [-0.1, -0.05) is 18.2 Å². The first kappa shape index (κ1) is 21.4. The highest BCUT2D eigenvalue weighted by atomic mass is 16.3. The van der Waals surface area contributed by atoms with Gasteiger partial charge in [0.05, 0.1) is 6.54 Å². The highest BCUT2D eigenvalue weighted by Gasteiger charge is 2.27. The van der Waals surface area contributed by atoms with E-state index in [2.05, 4.69) is 10.6 Å². The van der Waals surface area contributed by atoms with Crippen molar-refractivity contribution in [2.75, 3.05) is 25.0 Å². The van der Waals surface area contributed by atoms with Crippen molar-refractivity contribution in [2.45, 2.75) is 26.7 Å². The van der Waals surface area contributed by atoms with Gasteiger partial charge in [0.2, 0.25) is 11.8 Å². The van der Waals surface area contributed by atoms with Gasteiger partial charge in [0, 0.05) is 31.3 Å². The number of anilines is 1. The van der Waals surface area contributed by atoms with Crippen LogP contribution in [0.3, 0.4) is 0 Å². The minimum atomic E-state index is -0.340. The molecule has 3 N–H and O–H groups in total. The van der Waals surface area contributed by atoms with Gasteiger partial charge in [0.1, 0.15) is 5.75 Å². The molecule has 30 heavy (non-hydrogen) atoms. The second-order valence-electron chi connectivity index (χ2n) is 7.76. The lowest BCUT2D eigenvalue weighted by Crippen LogP contribution is -2.31. The van der Waals surface area contributed by atoms with E-state index in [0.29, 0.717) is 30.3 Å². The zero-order chi connectivity index (χ0) is 21.7. The van der Waals surface area contributed by atoms with E-state index in [4.69, 9.17) is 0 Å². The van der Waals surface area contributed by atoms with Gasteiger partial charge in [-0.25, -0.2) is 0 Å². The number of rotatable bonds is 6. The maximum absolute atomic E-state index is 13.0. The third-order valence-corrected chi connectivity index (χ3v) is 5.29. The summed E-state index contributed by atoms with van der Waals surface area (Å²) in [6.07, 6.45) is 1.79. The van der Waals surface area contributed by atoms with Gasteiger partial charge >= 0.3 is 0 Å². The van der Waals surface area contributed by atoms with Crippen LogP contribution in [0, 0.1) is 12.8 Å². The van der Waals surface area contributed by atoms with Crippen LogP contribution in [0.1, 0.15) is 34.8 Å². The summed E-state index contributed by atoms with van der Waals surface area (Å²) in [7, 11) is 0. The Morgan fingerprint density at radius 2 is 1.87 bits per heavy atom. The molecule has 1 fully saturated rings. The number of phenolic OH excluding ortho intramolecular Hbond substituents is 1. The number of carbonyl (C=O) groups excluding carboxylic acids is 3. The Hall–Kier alpha value is -3.35. The molecule has 0 aliphatic carbocycles. The van der Waals surface area contributed by atoms with Gasteiger partial charge in [-0.15, -0.1) is 0 Å². The minimum absolute atomic E-state index is 0.0550. The summed E-state index contributed by atoms with van der Waals surface area (Å²) in [6.45, 7) is 4.46. The van der Waals surface area contributed by atoms with E-state index in [0.717, 1.165) is 24.0 Å². The monoisotopic (exact) mass is 409 g/mol. The number of nitrogens with one attached hydrogen (secondary N) is 2. The van der Waals surface area contributed by atoms with Crippen LogP contribution in [0.15, 0.2) is 42.5 Å². The van der Waals surface area contributed by atoms with Crippen LogP contribution in [0.2, 0.25) is 0 Å². The summed E-state index contributed by atoms with van der Waals surface area (Å²) in [4.78, 5) is 37.8. The van der Waals surface area contributed by atoms with Crippen molar-refractivity contribution in [3.8, 4) is 5.75 Å². The molecule has 7 heteroatoms. The lowest BCUT2D eigenvalue weighted by Gasteiger charge is -2.18. The predicted molar refractivity (Wildman–Crippen MR) is 114 cm³/mol. The average molecular weight is 409 g/mol. The van der Waals surface area contributed by atoms with Crippen molar-refractivity contribution in [1.29, 1.82) is 0 Å². The Bertz CT molecular complexity index is 940. The third-order valence-electron chi connectivity index (χ3n) is 5.29. The molecule has 0 saturated carbocycles. The van der Waals surface area contributed by atoms with Gasteiger partial charge in [-0.2, -0.15) is 0 Å². The van der Waals surface area contributed by atoms with Gasteiger partial charge < -0.3 is 20.6 Å². The molecule has 1 heterocycles. The summed E-state index contributed by atoms with van der Waals surface area (Å²) in [5.74, 6) is -0.0441. The van der Waals surface area contributed by atoms with E-state index in [9.17, 15) is 19.5 Å². The molecule has 0 aromatic heterocycles. The molecule has 1 aliphatic rings. The molecule has 158 valence electrons. The summed E-state index contributed by atoms with van der Waals surface area (Å²) >= 11 is 0. The quantitative estimate of drug-likeness (QED) is 0.683. The minimum Gasteiger partial charge on any atom is -0.508 e. The second-order valence-corrected chi connectivity index (χ2v) is 7.76. The van der Waals surface area contributed by atoms with Gasteiger partial charge in [0.25, 0.3) is 5.91 Å². The zero-order valence-electron chi connectivity index (χ0n) is 17.3. The molecule has 3 amide bonds. The van der Waals surface area contributed by atoms with Crippen molar-refractivity contribution in [3.63, 3.8) is 0 Å². The topological polar surface area (TPSA) is 98.7 Å². The smallest absolute Gasteiger partial charge is 0.253 e. The first-order valence-electron chi connectivity index (χ1n) is 10.0. The molecule has 7 nitrogen and oxygen atoms in total. The Labute approximate surface area is 176 Å². The molecule has 1 unspecified atom stereocenters. The highest BCUT2D eigenvalue weighted by Crippen LogP contribution is 2.25. The highest BCUT2D eigenvalue weighted by molar-refractivity contribution is 5.99. The van der Waals surface area contributed by atoms with Crippen LogP contribution in [-0.4, -0.2) is 47.4 Å². The van der Waals surface area contributed by atoms with Gasteiger partial charge in [-0.05, 0) is 61.1 Å². The predicted octanol–water partition coefficient (Wildman–Crippen LogP) is 2.48. The van der Waals surface area contributed by atoms with Gasteiger partial charge in [0.15, 0.2) is 0 Å². The summed E-state index contributed by atoms with van der Waals surface area (Å²) in [6, 6.07) is 12.5. The molecule has 2 aromatic carbocycles. The van der Waals surface area contributed by atoms with E-state index in [-0.39, 0.29) is 30.0 Å². The van der Waals surface area contributed by atoms with Crippen molar-refractivity contribution in [3.05, 3.63) is 59.2 Å². The maximum Gasteiger partial charge on any atom is 0.253 e. The van der Waals surface area contributed by atoms with Crippen LogP contribution in [0.4, 0.5) is 5.69 Å². The number of amides is 3. The van der Waals surface area contributed by atoms with Crippen LogP contribution in [0.25, 0.3) is 0 Å². The first-order valence-corrected chi connectivity index (χ1v) is 10.0. The molecule has 1 aliphatic heterocycles. The SMILES string of the molecule is CC(=O)NCC(=O)Nc1cc(C(=O)N2CCC(Cc3ccc(O)cc3)C2)ccc1C. The number of aryl methyl sites for hydroxylation is 1. The summed E-state index contributed by atoms with van der Waals surface area (Å²) in [5, 5.41) is 14.6. The third kappa shape index (κ3) is 5.59. The number of nitrogens with zero attached hydrogens (tertiary/aromatic N) is 1. The Morgan fingerprint density at radius 1 is 1.13 bits per heavy atom. The van der Waals surface area contributed by atoms with Crippen molar-refractivity contribution in [2.24, 2.45) is 5.92 Å². The number of carbonyl (C=O) groups is 3. The standard InChI is InChI=1S/C23H27N3O4/c1-15-3-6-19(12-21(15)25-22(29)13-24-16(2)27)23(30)26-10-9-18(14-26)11-17-4-7-20(28)8-5-17/h3-8,12,18,28H,9-11,13-14H2,1-2H3,(H,24,27)(H,25,29). The number of likely N-dealkylation sites (tertiary alicyclic amines) is 1. The Morgan fingerprint density at radius 3 is 2.57 bits per heavy atom. The summed E-state index contributed by atoms with van der Waals surface area (Å²) in [5.41, 5.74) is 3.08. The molecular weight excluding hydrogens is 382 g/mol. The molecule has 0 spiro atoms. The number of phenols is 1. The number of benzene rings is 2. The molecule has 0 radical (unpaired) electrons. The first-order chi connectivity index (χ1) is 14.3. The lowest BCUT2D eigenvalue weighted by molar-refractivity contribution is -0.122. The molecule has 1 saturated heterocycles. The van der Waals surface area contributed by atoms with E-state index >= 15 is 0 Å². The number of hydrogen-bond donors (Lipinski definition) is 3. The Kier molecular flexibility index (Phi) is 6.72. The van der Waals surface area contributed by atoms with Crippen LogP contribution in [-0.2, 0) is 16.0 Å². The fourth-order valence-electron chi connectivity index (χ4n) is 3.62. The van der Waals surface area contributed by atoms with Gasteiger partial charge in [-0.3, -0.25) is 14.4 Å². The van der Waals surface area contributed by atoms with E-state index in [1.54, 1.807) is 24.3 Å². The van der Waals surface area contributed by atoms with Crippen LogP contribution in [0.5, 0.6) is 5.75 Å². The number of hydrogen-bond acceptors (Lipinski definition) is 4. The van der Waals surface area contributed by atoms with E-state index in [1.807, 2.05) is 30.0 Å². The lowest BCUT2D eigenvalue weighted by atomic mass is 9.99. The normalized spacial score (nSPS) is 15.7. The number of aromatic hydroxyl groups is 1. The fraction of sp³-hybridized carbons (Fsp3) is 0.348. The van der Waals surface area contributed by atoms with E-state index in [1.165, 1.54) is 6.92 Å². The molecule has 1 atom stereocenters. The summed E-state index contributed by atoms with van der Waals surface area (Å²) < 4.78 is 0. The molecule has 3 rings (SSSR count). The largest absolute Gasteiger partial charge is 0.508 e. The zero-order valence-corrected chi connectivity index (χ0v) is 17.3. The van der Waals surface area contributed by atoms with Crippen molar-refractivity contribution >= 4 is 23.4 Å². The molecule has 2 aromatic rings. The maximum atomic E-state index is 13.0. The molecular formula is C23H27N3O4. The second kappa shape index (κ2) is 9.43. The van der Waals surface area contributed by atoms with Crippen LogP contribution >= 0.6 is 0 Å².